The van der Waals surface area contributed by atoms with Gasteiger partial charge < -0.3 is 10.0 Å². The van der Waals surface area contributed by atoms with E-state index in [0.29, 0.717) is 12.1 Å². The molecule has 120 valence electrons. The fourth-order valence-corrected chi connectivity index (χ4v) is 2.71. The molecule has 1 aliphatic heterocycles. The first-order valence-electron chi connectivity index (χ1n) is 7.89. The largest absolute Gasteiger partial charge is 0.375 e. The quantitative estimate of drug-likeness (QED) is 0.909. The molecule has 0 unspecified atom stereocenters. The molecule has 0 spiro atoms. The van der Waals surface area contributed by atoms with E-state index in [4.69, 9.17) is 0 Å². The van der Waals surface area contributed by atoms with Crippen LogP contribution in [-0.2, 0) is 15.2 Å². The van der Waals surface area contributed by atoms with Crippen molar-refractivity contribution < 1.29 is 14.7 Å². The Morgan fingerprint density at radius 3 is 2.50 bits per heavy atom. The topological polar surface area (TPSA) is 57.6 Å². The summed E-state index contributed by atoms with van der Waals surface area (Å²) in [5.41, 5.74) is -1.03. The molecular weight excluding hydrogens is 278 g/mol. The molecule has 1 aromatic carbocycles. The number of hydrogen-bond acceptors (Lipinski definition) is 3. The summed E-state index contributed by atoms with van der Waals surface area (Å²) in [7, 11) is 0. The summed E-state index contributed by atoms with van der Waals surface area (Å²) in [5.74, 6) is -0.491. The zero-order valence-electron chi connectivity index (χ0n) is 13.8. The predicted octanol–water partition coefficient (Wildman–Crippen LogP) is 3.03. The average molecular weight is 303 g/mol. The van der Waals surface area contributed by atoms with Crippen LogP contribution >= 0.6 is 0 Å². The molecule has 0 fully saturated rings. The number of nitrogens with zero attached hydrogens (tertiary/aromatic N) is 1. The minimum absolute atomic E-state index is 0.115. The van der Waals surface area contributed by atoms with E-state index in [1.54, 1.807) is 37.8 Å². The number of para-hydroxylation sites is 1. The SMILES string of the molecule is CCCCN1C(=O)[C@](O)(CC(=O)C(C)(C)C)c2ccccc21. The van der Waals surface area contributed by atoms with Crippen LogP contribution in [0.1, 0.15) is 52.5 Å². The number of unbranched alkanes of at least 4 members (excludes halogenated alkanes) is 1. The maximum atomic E-state index is 12.8. The Balaban J connectivity index is 2.40. The summed E-state index contributed by atoms with van der Waals surface area (Å²) in [6.07, 6.45) is 1.66. The number of hydrogen-bond donors (Lipinski definition) is 1. The molecule has 1 aliphatic rings. The van der Waals surface area contributed by atoms with E-state index >= 15 is 0 Å². The summed E-state index contributed by atoms with van der Waals surface area (Å²) >= 11 is 0. The third-order valence-corrected chi connectivity index (χ3v) is 4.23. The van der Waals surface area contributed by atoms with Crippen molar-refractivity contribution in [3.8, 4) is 0 Å². The summed E-state index contributed by atoms with van der Waals surface area (Å²) in [4.78, 5) is 26.8. The second kappa shape index (κ2) is 5.84. The number of ketones is 1. The fraction of sp³-hybridized carbons (Fsp3) is 0.556. The molecule has 0 saturated carbocycles. The maximum absolute atomic E-state index is 12.8. The fourth-order valence-electron chi connectivity index (χ4n) is 2.71. The van der Waals surface area contributed by atoms with E-state index < -0.39 is 11.0 Å². The van der Waals surface area contributed by atoms with Gasteiger partial charge in [-0.2, -0.15) is 0 Å². The van der Waals surface area contributed by atoms with E-state index in [9.17, 15) is 14.7 Å². The van der Waals surface area contributed by atoms with Gasteiger partial charge in [0.1, 0.15) is 5.78 Å². The molecule has 4 nitrogen and oxygen atoms in total. The van der Waals surface area contributed by atoms with Crippen molar-refractivity contribution in [1.82, 2.24) is 0 Å². The van der Waals surface area contributed by atoms with Crippen LogP contribution in [0.25, 0.3) is 0 Å². The summed E-state index contributed by atoms with van der Waals surface area (Å²) in [6.45, 7) is 8.04. The monoisotopic (exact) mass is 303 g/mol. The number of Topliss-reactive ketones (excluding diaryl/α,β-unsaturated/α-hetero) is 1. The highest BCUT2D eigenvalue weighted by Crippen LogP contribution is 2.43. The van der Waals surface area contributed by atoms with Crippen molar-refractivity contribution in [2.75, 3.05) is 11.4 Å². The average Bonchev–Trinajstić information content (AvgIpc) is 2.66. The first kappa shape index (κ1) is 16.7. The van der Waals surface area contributed by atoms with Gasteiger partial charge in [0.05, 0.1) is 5.69 Å². The Kier molecular flexibility index (Phi) is 4.43. The van der Waals surface area contributed by atoms with Crippen molar-refractivity contribution in [3.05, 3.63) is 29.8 Å². The van der Waals surface area contributed by atoms with Crippen LogP contribution in [0.4, 0.5) is 5.69 Å². The van der Waals surface area contributed by atoms with Gasteiger partial charge in [0.15, 0.2) is 5.60 Å². The molecule has 1 atom stereocenters. The Bertz CT molecular complexity index is 588. The molecule has 0 bridgehead atoms. The van der Waals surface area contributed by atoms with E-state index in [2.05, 4.69) is 6.92 Å². The van der Waals surface area contributed by atoms with Crippen LogP contribution in [0.2, 0.25) is 0 Å². The van der Waals surface area contributed by atoms with Crippen LogP contribution < -0.4 is 4.90 Å². The van der Waals surface area contributed by atoms with E-state index in [-0.39, 0.29) is 18.1 Å². The van der Waals surface area contributed by atoms with Gasteiger partial charge in [0, 0.05) is 23.9 Å². The van der Waals surface area contributed by atoms with Gasteiger partial charge in [-0.05, 0) is 12.5 Å². The number of aliphatic hydroxyl groups is 1. The van der Waals surface area contributed by atoms with Gasteiger partial charge in [-0.3, -0.25) is 9.59 Å². The van der Waals surface area contributed by atoms with Crippen molar-refractivity contribution in [2.45, 2.75) is 52.6 Å². The maximum Gasteiger partial charge on any atom is 0.264 e. The summed E-state index contributed by atoms with van der Waals surface area (Å²) < 4.78 is 0. The standard InChI is InChI=1S/C18H25NO3/c1-5-6-11-19-14-10-8-7-9-13(14)18(22,16(19)21)12-15(20)17(2,3)4/h7-10,22H,5-6,11-12H2,1-4H3/t18-/m0/s1. The lowest BCUT2D eigenvalue weighted by Gasteiger charge is -2.26. The Hall–Kier alpha value is -1.68. The number of anilines is 1. The number of benzene rings is 1. The molecule has 1 heterocycles. The number of rotatable bonds is 5. The lowest BCUT2D eigenvalue weighted by atomic mass is 9.81. The molecule has 0 aliphatic carbocycles. The predicted molar refractivity (Wildman–Crippen MR) is 86.7 cm³/mol. The zero-order chi connectivity index (χ0) is 16.5. The number of carbonyl (C=O) groups is 2. The normalized spacial score (nSPS) is 21.1. The van der Waals surface area contributed by atoms with Gasteiger partial charge in [0.25, 0.3) is 5.91 Å². The summed E-state index contributed by atoms with van der Waals surface area (Å²) in [5, 5.41) is 11.0. The van der Waals surface area contributed by atoms with Gasteiger partial charge in [0.2, 0.25) is 0 Å². The van der Waals surface area contributed by atoms with Crippen molar-refractivity contribution in [2.24, 2.45) is 5.41 Å². The molecule has 0 radical (unpaired) electrons. The van der Waals surface area contributed by atoms with E-state index in [1.807, 2.05) is 12.1 Å². The van der Waals surface area contributed by atoms with Gasteiger partial charge in [-0.15, -0.1) is 0 Å². The lowest BCUT2D eigenvalue weighted by Crippen LogP contribution is -2.43. The van der Waals surface area contributed by atoms with Gasteiger partial charge >= 0.3 is 0 Å². The first-order valence-corrected chi connectivity index (χ1v) is 7.89. The molecule has 1 amide bonds. The second-order valence-corrected chi connectivity index (χ2v) is 7.04. The van der Waals surface area contributed by atoms with E-state index in [1.165, 1.54) is 0 Å². The van der Waals surface area contributed by atoms with Crippen LogP contribution in [0.3, 0.4) is 0 Å². The third-order valence-electron chi connectivity index (χ3n) is 4.23. The highest BCUT2D eigenvalue weighted by Gasteiger charge is 2.51. The van der Waals surface area contributed by atoms with Crippen LogP contribution in [0.15, 0.2) is 24.3 Å². The molecule has 1 aromatic rings. The molecular formula is C18H25NO3. The molecule has 1 N–H and O–H groups in total. The second-order valence-electron chi connectivity index (χ2n) is 7.04. The third kappa shape index (κ3) is 2.80. The number of fused-ring (bicyclic) bond motifs is 1. The van der Waals surface area contributed by atoms with Crippen LogP contribution in [-0.4, -0.2) is 23.3 Å². The Morgan fingerprint density at radius 2 is 1.91 bits per heavy atom. The zero-order valence-corrected chi connectivity index (χ0v) is 13.8. The van der Waals surface area contributed by atoms with Crippen LogP contribution in [0, 0.1) is 5.41 Å². The highest BCUT2D eigenvalue weighted by atomic mass is 16.3. The van der Waals surface area contributed by atoms with Gasteiger partial charge in [-0.1, -0.05) is 52.3 Å². The van der Waals surface area contributed by atoms with Crippen molar-refractivity contribution in [3.63, 3.8) is 0 Å². The van der Waals surface area contributed by atoms with Crippen molar-refractivity contribution in [1.29, 1.82) is 0 Å². The Labute approximate surface area is 132 Å². The highest BCUT2D eigenvalue weighted by molar-refractivity contribution is 6.09. The minimum Gasteiger partial charge on any atom is -0.375 e. The van der Waals surface area contributed by atoms with Crippen LogP contribution in [0.5, 0.6) is 0 Å². The first-order chi connectivity index (χ1) is 10.2. The van der Waals surface area contributed by atoms with Gasteiger partial charge in [-0.25, -0.2) is 0 Å². The number of amides is 1. The molecule has 2 rings (SSSR count). The minimum atomic E-state index is -1.73. The number of carbonyl (C=O) groups excluding carboxylic acids is 2. The molecule has 4 heteroatoms. The summed E-state index contributed by atoms with van der Waals surface area (Å²) in [6, 6.07) is 7.22. The molecule has 0 saturated heterocycles. The smallest absolute Gasteiger partial charge is 0.264 e. The van der Waals surface area contributed by atoms with E-state index in [0.717, 1.165) is 18.5 Å². The lowest BCUT2D eigenvalue weighted by molar-refractivity contribution is -0.144. The van der Waals surface area contributed by atoms with Crippen molar-refractivity contribution >= 4 is 17.4 Å². The molecule has 0 aromatic heterocycles. The Morgan fingerprint density at radius 1 is 1.27 bits per heavy atom. The molecule has 22 heavy (non-hydrogen) atoms.